The Balaban J connectivity index is 1.96. The van der Waals surface area contributed by atoms with Crippen molar-refractivity contribution in [1.29, 1.82) is 0 Å². The number of anilines is 1. The number of ketones is 1. The van der Waals surface area contributed by atoms with Gasteiger partial charge in [-0.05, 0) is 49.7 Å². The van der Waals surface area contributed by atoms with Crippen molar-refractivity contribution in [3.63, 3.8) is 0 Å². The number of nitrogens with one attached hydrogen (secondary N) is 1. The van der Waals surface area contributed by atoms with Gasteiger partial charge in [0, 0.05) is 27.6 Å². The molecule has 0 bridgehead atoms. The second-order valence-electron chi connectivity index (χ2n) is 5.54. The monoisotopic (exact) mass is 377 g/mol. The van der Waals surface area contributed by atoms with Gasteiger partial charge in [-0.1, -0.05) is 17.7 Å². The van der Waals surface area contributed by atoms with E-state index in [9.17, 15) is 9.59 Å². The molecule has 0 aromatic heterocycles. The number of ether oxygens (including phenoxy) is 1. The summed E-state index contributed by atoms with van der Waals surface area (Å²) in [5.74, 6) is 1.48. The van der Waals surface area contributed by atoms with E-state index in [1.54, 1.807) is 31.4 Å². The maximum atomic E-state index is 12.1. The molecule has 0 atom stereocenters. The zero-order chi connectivity index (χ0) is 18.4. The number of benzene rings is 2. The van der Waals surface area contributed by atoms with Crippen LogP contribution in [0.15, 0.2) is 36.4 Å². The molecule has 0 aliphatic rings. The topological polar surface area (TPSA) is 55.4 Å². The van der Waals surface area contributed by atoms with Crippen LogP contribution in [-0.4, -0.2) is 24.6 Å². The number of carbonyl (C=O) groups is 2. The highest BCUT2D eigenvalue weighted by molar-refractivity contribution is 7.99. The van der Waals surface area contributed by atoms with Crippen molar-refractivity contribution in [3.05, 3.63) is 58.1 Å². The van der Waals surface area contributed by atoms with Crippen LogP contribution < -0.4 is 10.1 Å². The first-order valence-corrected chi connectivity index (χ1v) is 9.26. The predicted octanol–water partition coefficient (Wildman–Crippen LogP) is 4.73. The van der Waals surface area contributed by atoms with Gasteiger partial charge in [-0.2, -0.15) is 0 Å². The number of halogens is 1. The van der Waals surface area contributed by atoms with E-state index in [1.165, 1.54) is 18.7 Å². The Bertz CT molecular complexity index is 792. The number of hydrogen-bond donors (Lipinski definition) is 1. The summed E-state index contributed by atoms with van der Waals surface area (Å²) in [7, 11) is 1.59. The van der Waals surface area contributed by atoms with Crippen LogP contribution in [0.4, 0.5) is 5.69 Å². The Morgan fingerprint density at radius 3 is 2.68 bits per heavy atom. The lowest BCUT2D eigenvalue weighted by atomic mass is 10.1. The largest absolute Gasteiger partial charge is 0.496 e. The lowest BCUT2D eigenvalue weighted by molar-refractivity contribution is -0.113. The molecular weight excluding hydrogens is 358 g/mol. The highest BCUT2D eigenvalue weighted by atomic mass is 35.5. The van der Waals surface area contributed by atoms with Gasteiger partial charge in [0.25, 0.3) is 0 Å². The van der Waals surface area contributed by atoms with Gasteiger partial charge in [0.2, 0.25) is 5.91 Å². The Morgan fingerprint density at radius 2 is 2.00 bits per heavy atom. The first-order valence-electron chi connectivity index (χ1n) is 7.73. The minimum atomic E-state index is -0.0999. The number of thioether (sulfide) groups is 1. The number of Topliss-reactive ketones (excluding diaryl/α,β-unsaturated/α-hetero) is 1. The Morgan fingerprint density at radius 1 is 1.24 bits per heavy atom. The van der Waals surface area contributed by atoms with Crippen molar-refractivity contribution in [3.8, 4) is 5.75 Å². The number of hydrogen-bond acceptors (Lipinski definition) is 4. The molecule has 6 heteroatoms. The average Bonchev–Trinajstić information content (AvgIpc) is 2.58. The average molecular weight is 378 g/mol. The maximum Gasteiger partial charge on any atom is 0.234 e. The molecule has 0 unspecified atom stereocenters. The highest BCUT2D eigenvalue weighted by Gasteiger charge is 2.10. The number of rotatable bonds is 7. The van der Waals surface area contributed by atoms with Crippen LogP contribution in [0, 0.1) is 6.92 Å². The molecule has 2 rings (SSSR count). The smallest absolute Gasteiger partial charge is 0.234 e. The third kappa shape index (κ3) is 5.25. The minimum absolute atomic E-state index is 0.00285. The van der Waals surface area contributed by atoms with Gasteiger partial charge in [-0.3, -0.25) is 9.59 Å². The molecule has 0 aliphatic heterocycles. The summed E-state index contributed by atoms with van der Waals surface area (Å²) in [6.45, 7) is 3.39. The van der Waals surface area contributed by atoms with Crippen LogP contribution in [0.3, 0.4) is 0 Å². The molecule has 2 aromatic carbocycles. The molecule has 25 heavy (non-hydrogen) atoms. The molecule has 0 fully saturated rings. The summed E-state index contributed by atoms with van der Waals surface area (Å²) in [6, 6.07) is 10.7. The third-order valence-electron chi connectivity index (χ3n) is 3.72. The molecule has 0 aliphatic carbocycles. The van der Waals surface area contributed by atoms with Gasteiger partial charge < -0.3 is 10.1 Å². The first-order chi connectivity index (χ1) is 11.9. The molecule has 4 nitrogen and oxygen atoms in total. The summed E-state index contributed by atoms with van der Waals surface area (Å²) in [6.07, 6.45) is 0. The first kappa shape index (κ1) is 19.3. The van der Waals surface area contributed by atoms with Gasteiger partial charge in [0.05, 0.1) is 12.9 Å². The Kier molecular flexibility index (Phi) is 6.91. The van der Waals surface area contributed by atoms with Crippen molar-refractivity contribution in [1.82, 2.24) is 0 Å². The lowest BCUT2D eigenvalue weighted by Gasteiger charge is -2.11. The lowest BCUT2D eigenvalue weighted by Crippen LogP contribution is -2.15. The fraction of sp³-hybridized carbons (Fsp3) is 0.263. The molecule has 0 spiro atoms. The molecule has 0 saturated carbocycles. The summed E-state index contributed by atoms with van der Waals surface area (Å²) in [5.41, 5.74) is 3.09. The van der Waals surface area contributed by atoms with Gasteiger partial charge >= 0.3 is 0 Å². The SMILES string of the molecule is COc1ccc(C(C)=O)cc1CSCC(=O)Nc1cccc(Cl)c1C. The van der Waals surface area contributed by atoms with Crippen LogP contribution in [0.25, 0.3) is 0 Å². The molecule has 0 saturated heterocycles. The van der Waals surface area contributed by atoms with E-state index in [4.69, 9.17) is 16.3 Å². The van der Waals surface area contributed by atoms with Crippen LogP contribution in [0.5, 0.6) is 5.75 Å². The van der Waals surface area contributed by atoms with Gasteiger partial charge in [-0.15, -0.1) is 11.8 Å². The van der Waals surface area contributed by atoms with Gasteiger partial charge in [0.1, 0.15) is 5.75 Å². The van der Waals surface area contributed by atoms with E-state index in [0.29, 0.717) is 33.5 Å². The Hall–Kier alpha value is -1.98. The molecule has 0 radical (unpaired) electrons. The number of methoxy groups -OCH3 is 1. The number of amides is 1. The quantitative estimate of drug-likeness (QED) is 0.708. The van der Waals surface area contributed by atoms with Gasteiger partial charge in [-0.25, -0.2) is 0 Å². The summed E-state index contributed by atoms with van der Waals surface area (Å²) in [5, 5.41) is 3.49. The zero-order valence-corrected chi connectivity index (χ0v) is 16.0. The number of carbonyl (C=O) groups excluding carboxylic acids is 2. The third-order valence-corrected chi connectivity index (χ3v) is 5.11. The van der Waals surface area contributed by atoms with Crippen LogP contribution in [0.2, 0.25) is 5.02 Å². The van der Waals surface area contributed by atoms with E-state index in [-0.39, 0.29) is 11.7 Å². The summed E-state index contributed by atoms with van der Waals surface area (Å²) >= 11 is 7.51. The Labute approximate surface area is 156 Å². The van der Waals surface area contributed by atoms with E-state index in [1.807, 2.05) is 19.1 Å². The van der Waals surface area contributed by atoms with Crippen molar-refractivity contribution in [2.75, 3.05) is 18.2 Å². The summed E-state index contributed by atoms with van der Waals surface area (Å²) < 4.78 is 5.32. The normalized spacial score (nSPS) is 10.4. The molecule has 1 amide bonds. The van der Waals surface area contributed by atoms with Crippen LogP contribution in [0.1, 0.15) is 28.4 Å². The summed E-state index contributed by atoms with van der Waals surface area (Å²) in [4.78, 5) is 23.7. The fourth-order valence-corrected chi connectivity index (χ4v) is 3.27. The van der Waals surface area contributed by atoms with E-state index >= 15 is 0 Å². The highest BCUT2D eigenvalue weighted by Crippen LogP contribution is 2.26. The van der Waals surface area contributed by atoms with Crippen molar-refractivity contribution in [2.45, 2.75) is 19.6 Å². The molecule has 132 valence electrons. The fourth-order valence-electron chi connectivity index (χ4n) is 2.29. The van der Waals surface area contributed by atoms with Crippen molar-refractivity contribution >= 4 is 40.7 Å². The van der Waals surface area contributed by atoms with Crippen LogP contribution >= 0.6 is 23.4 Å². The molecule has 1 N–H and O–H groups in total. The second-order valence-corrected chi connectivity index (χ2v) is 6.93. The molecular formula is C19H20ClNO3S. The standard InChI is InChI=1S/C19H20ClNO3S/c1-12-16(20)5-4-6-17(12)21-19(23)11-25-10-15-9-14(13(2)22)7-8-18(15)24-3/h4-9H,10-11H2,1-3H3,(H,21,23). The van der Waals surface area contributed by atoms with Crippen molar-refractivity contribution in [2.24, 2.45) is 0 Å². The van der Waals surface area contributed by atoms with Crippen LogP contribution in [-0.2, 0) is 10.5 Å². The minimum Gasteiger partial charge on any atom is -0.496 e. The van der Waals surface area contributed by atoms with Gasteiger partial charge in [0.15, 0.2) is 5.78 Å². The van der Waals surface area contributed by atoms with Crippen molar-refractivity contribution < 1.29 is 14.3 Å². The van der Waals surface area contributed by atoms with E-state index in [0.717, 1.165) is 11.1 Å². The molecule has 2 aromatic rings. The second kappa shape index (κ2) is 8.92. The van der Waals surface area contributed by atoms with E-state index in [2.05, 4.69) is 5.32 Å². The van der Waals surface area contributed by atoms with E-state index < -0.39 is 0 Å². The molecule has 0 heterocycles. The predicted molar refractivity (Wildman–Crippen MR) is 104 cm³/mol. The zero-order valence-electron chi connectivity index (χ0n) is 14.4. The maximum absolute atomic E-state index is 12.1.